The monoisotopic (exact) mass is 344 g/mol. The van der Waals surface area contributed by atoms with Gasteiger partial charge in [-0.15, -0.1) is 0 Å². The molecular weight excluding hydrogens is 324 g/mol. The summed E-state index contributed by atoms with van der Waals surface area (Å²) in [5.74, 6) is -1.19. The van der Waals surface area contributed by atoms with Gasteiger partial charge in [0, 0.05) is 16.4 Å². The van der Waals surface area contributed by atoms with Crippen molar-refractivity contribution in [3.05, 3.63) is 58.1 Å². The number of carbonyl (C=O) groups excluding carboxylic acids is 2. The molecule has 0 aliphatic heterocycles. The summed E-state index contributed by atoms with van der Waals surface area (Å²) in [6.45, 7) is 7.77. The quantitative estimate of drug-likeness (QED) is 0.796. The fraction of sp³-hybridized carbons (Fsp3) is 0.263. The predicted octanol–water partition coefficient (Wildman–Crippen LogP) is 4.66. The van der Waals surface area contributed by atoms with E-state index in [0.717, 1.165) is 16.7 Å². The first-order valence-electron chi connectivity index (χ1n) is 7.78. The maximum Gasteiger partial charge on any atom is 0.314 e. The molecule has 126 valence electrons. The number of rotatable bonds is 3. The van der Waals surface area contributed by atoms with Crippen LogP contribution in [-0.2, 0) is 9.59 Å². The van der Waals surface area contributed by atoms with Crippen LogP contribution in [0.15, 0.2) is 36.4 Å². The Morgan fingerprint density at radius 2 is 1.58 bits per heavy atom. The summed E-state index contributed by atoms with van der Waals surface area (Å²) in [6.07, 6.45) is 0. The molecule has 2 aromatic rings. The SMILES string of the molecule is Cc1cccc(C(C)C)c1NC(=O)C(=O)Nc1cccc(Cl)c1C. The molecule has 0 atom stereocenters. The van der Waals surface area contributed by atoms with Crippen LogP contribution in [0.3, 0.4) is 0 Å². The standard InChI is InChI=1S/C19H21ClN2O2/c1-11(2)14-8-5-7-12(3)17(14)22-19(24)18(23)21-16-10-6-9-15(20)13(16)4/h5-11H,1-4H3,(H,21,23)(H,22,24). The smallest absolute Gasteiger partial charge is 0.314 e. The highest BCUT2D eigenvalue weighted by molar-refractivity contribution is 6.44. The molecule has 4 nitrogen and oxygen atoms in total. The largest absolute Gasteiger partial charge is 0.317 e. The van der Waals surface area contributed by atoms with Crippen LogP contribution < -0.4 is 10.6 Å². The zero-order valence-corrected chi connectivity index (χ0v) is 15.0. The first kappa shape index (κ1) is 18.0. The lowest BCUT2D eigenvalue weighted by molar-refractivity contribution is -0.133. The van der Waals surface area contributed by atoms with Gasteiger partial charge in [0.2, 0.25) is 0 Å². The molecule has 2 N–H and O–H groups in total. The second-order valence-electron chi connectivity index (χ2n) is 6.01. The maximum atomic E-state index is 12.3. The predicted molar refractivity (Wildman–Crippen MR) is 98.7 cm³/mol. The molecule has 0 unspecified atom stereocenters. The van der Waals surface area contributed by atoms with E-state index in [2.05, 4.69) is 10.6 Å². The van der Waals surface area contributed by atoms with E-state index in [4.69, 9.17) is 11.6 Å². The number of para-hydroxylation sites is 1. The number of halogens is 1. The minimum Gasteiger partial charge on any atom is -0.317 e. The maximum absolute atomic E-state index is 12.3. The summed E-state index contributed by atoms with van der Waals surface area (Å²) >= 11 is 6.03. The summed E-state index contributed by atoms with van der Waals surface area (Å²) < 4.78 is 0. The second-order valence-corrected chi connectivity index (χ2v) is 6.42. The van der Waals surface area contributed by atoms with Gasteiger partial charge >= 0.3 is 11.8 Å². The Hall–Kier alpha value is -2.33. The Labute approximate surface area is 147 Å². The van der Waals surface area contributed by atoms with Crippen LogP contribution in [0.1, 0.15) is 36.5 Å². The van der Waals surface area contributed by atoms with Gasteiger partial charge in [-0.2, -0.15) is 0 Å². The van der Waals surface area contributed by atoms with Gasteiger partial charge in [0.25, 0.3) is 0 Å². The molecule has 2 amide bonds. The van der Waals surface area contributed by atoms with E-state index >= 15 is 0 Å². The van der Waals surface area contributed by atoms with E-state index < -0.39 is 11.8 Å². The van der Waals surface area contributed by atoms with Crippen molar-refractivity contribution < 1.29 is 9.59 Å². The van der Waals surface area contributed by atoms with E-state index in [9.17, 15) is 9.59 Å². The Morgan fingerprint density at radius 3 is 2.25 bits per heavy atom. The molecule has 0 aliphatic rings. The van der Waals surface area contributed by atoms with Crippen LogP contribution in [0, 0.1) is 13.8 Å². The lowest BCUT2D eigenvalue weighted by Crippen LogP contribution is -2.30. The molecule has 0 aliphatic carbocycles. The Bertz CT molecular complexity index is 785. The zero-order valence-electron chi connectivity index (χ0n) is 14.2. The summed E-state index contributed by atoms with van der Waals surface area (Å²) in [4.78, 5) is 24.5. The van der Waals surface area contributed by atoms with Crippen LogP contribution in [-0.4, -0.2) is 11.8 Å². The van der Waals surface area contributed by atoms with Crippen molar-refractivity contribution in [1.29, 1.82) is 0 Å². The van der Waals surface area contributed by atoms with Gasteiger partial charge < -0.3 is 10.6 Å². The second kappa shape index (κ2) is 7.49. The van der Waals surface area contributed by atoms with E-state index in [-0.39, 0.29) is 5.92 Å². The van der Waals surface area contributed by atoms with Crippen LogP contribution in [0.2, 0.25) is 5.02 Å². The summed E-state index contributed by atoms with van der Waals surface area (Å²) in [5.41, 5.74) is 3.85. The average molecular weight is 345 g/mol. The first-order chi connectivity index (χ1) is 11.3. The third-order valence-corrected chi connectivity index (χ3v) is 4.30. The highest BCUT2D eigenvalue weighted by Gasteiger charge is 2.18. The zero-order chi connectivity index (χ0) is 17.9. The fourth-order valence-corrected chi connectivity index (χ4v) is 2.61. The Kier molecular flexibility index (Phi) is 5.62. The van der Waals surface area contributed by atoms with Crippen molar-refractivity contribution in [2.24, 2.45) is 0 Å². The number of carbonyl (C=O) groups is 2. The minimum atomic E-state index is -0.724. The number of aryl methyl sites for hydroxylation is 1. The highest BCUT2D eigenvalue weighted by atomic mass is 35.5. The molecular formula is C19H21ClN2O2. The van der Waals surface area contributed by atoms with Crippen LogP contribution in [0.25, 0.3) is 0 Å². The summed E-state index contributed by atoms with van der Waals surface area (Å²) in [6, 6.07) is 11.0. The van der Waals surface area contributed by atoms with E-state index in [1.807, 2.05) is 39.0 Å². The molecule has 0 heterocycles. The molecule has 24 heavy (non-hydrogen) atoms. The normalized spacial score (nSPS) is 10.6. The van der Waals surface area contributed by atoms with Crippen LogP contribution in [0.5, 0.6) is 0 Å². The van der Waals surface area contributed by atoms with E-state index in [1.54, 1.807) is 25.1 Å². The molecule has 0 fully saturated rings. The van der Waals surface area contributed by atoms with Gasteiger partial charge in [-0.05, 0) is 48.6 Å². The number of anilines is 2. The first-order valence-corrected chi connectivity index (χ1v) is 8.16. The van der Waals surface area contributed by atoms with Gasteiger partial charge in [0.1, 0.15) is 0 Å². The Morgan fingerprint density at radius 1 is 0.958 bits per heavy atom. The van der Waals surface area contributed by atoms with Gasteiger partial charge in [-0.25, -0.2) is 0 Å². The topological polar surface area (TPSA) is 58.2 Å². The highest BCUT2D eigenvalue weighted by Crippen LogP contribution is 2.27. The molecule has 0 aromatic heterocycles. The van der Waals surface area contributed by atoms with Crippen molar-refractivity contribution in [3.8, 4) is 0 Å². The van der Waals surface area contributed by atoms with E-state index in [1.165, 1.54) is 0 Å². The average Bonchev–Trinajstić information content (AvgIpc) is 2.53. The fourth-order valence-electron chi connectivity index (χ4n) is 2.43. The molecule has 5 heteroatoms. The lowest BCUT2D eigenvalue weighted by atomic mass is 9.98. The number of amides is 2. The Balaban J connectivity index is 2.19. The van der Waals surface area contributed by atoms with Crippen molar-refractivity contribution in [1.82, 2.24) is 0 Å². The van der Waals surface area contributed by atoms with Crippen LogP contribution >= 0.6 is 11.6 Å². The van der Waals surface area contributed by atoms with Crippen molar-refractivity contribution in [2.75, 3.05) is 10.6 Å². The molecule has 2 aromatic carbocycles. The van der Waals surface area contributed by atoms with Gasteiger partial charge in [-0.3, -0.25) is 9.59 Å². The van der Waals surface area contributed by atoms with Gasteiger partial charge in [-0.1, -0.05) is 49.7 Å². The van der Waals surface area contributed by atoms with Crippen molar-refractivity contribution in [2.45, 2.75) is 33.6 Å². The van der Waals surface area contributed by atoms with Crippen molar-refractivity contribution in [3.63, 3.8) is 0 Å². The molecule has 0 radical (unpaired) electrons. The van der Waals surface area contributed by atoms with Crippen molar-refractivity contribution >= 4 is 34.8 Å². The number of hydrogen-bond acceptors (Lipinski definition) is 2. The lowest BCUT2D eigenvalue weighted by Gasteiger charge is -2.16. The molecule has 0 saturated carbocycles. The molecule has 2 rings (SSSR count). The number of benzene rings is 2. The molecule has 0 saturated heterocycles. The van der Waals surface area contributed by atoms with Gasteiger partial charge in [0.05, 0.1) is 0 Å². The molecule has 0 spiro atoms. The third-order valence-electron chi connectivity index (χ3n) is 3.89. The summed E-state index contributed by atoms with van der Waals surface area (Å²) in [7, 11) is 0. The summed E-state index contributed by atoms with van der Waals surface area (Å²) in [5, 5.41) is 5.87. The van der Waals surface area contributed by atoms with Crippen LogP contribution in [0.4, 0.5) is 11.4 Å². The third kappa shape index (κ3) is 3.95. The minimum absolute atomic E-state index is 0.235. The molecule has 0 bridgehead atoms. The number of hydrogen-bond donors (Lipinski definition) is 2. The number of nitrogens with one attached hydrogen (secondary N) is 2. The van der Waals surface area contributed by atoms with E-state index in [0.29, 0.717) is 16.4 Å². The van der Waals surface area contributed by atoms with Gasteiger partial charge in [0.15, 0.2) is 0 Å².